The summed E-state index contributed by atoms with van der Waals surface area (Å²) < 4.78 is 6.39. The van der Waals surface area contributed by atoms with Gasteiger partial charge in [0.15, 0.2) is 0 Å². The van der Waals surface area contributed by atoms with Crippen molar-refractivity contribution in [2.24, 2.45) is 22.7 Å². The molecule has 5 nitrogen and oxygen atoms in total. The molecule has 6 heteroatoms. The number of ether oxygens (including phenoxy) is 1. The number of aliphatic hydroxyl groups excluding tert-OH is 1. The first-order valence-corrected chi connectivity index (χ1v) is 12.0. The number of nitrogens with zero attached hydrogens (tertiary/aromatic N) is 2. The summed E-state index contributed by atoms with van der Waals surface area (Å²) in [5.41, 5.74) is 1.73. The number of aliphatic hydroxyl groups is 1. The van der Waals surface area contributed by atoms with Crippen LogP contribution < -0.4 is 4.74 Å². The molecule has 1 heterocycles. The molecule has 2 unspecified atom stereocenters. The number of nitriles is 1. The zero-order chi connectivity index (χ0) is 24.3. The molecule has 3 aliphatic rings. The predicted molar refractivity (Wildman–Crippen MR) is 129 cm³/mol. The van der Waals surface area contributed by atoms with Gasteiger partial charge in [-0.15, -0.1) is 0 Å². The Morgan fingerprint density at radius 3 is 2.45 bits per heavy atom. The van der Waals surface area contributed by atoms with Crippen LogP contribution >= 0.6 is 11.6 Å². The highest BCUT2D eigenvalue weighted by atomic mass is 35.5. The Bertz CT molecular complexity index is 1060. The summed E-state index contributed by atoms with van der Waals surface area (Å²) in [6, 6.07) is 7.22. The van der Waals surface area contributed by atoms with Crippen molar-refractivity contribution in [1.29, 1.82) is 5.26 Å². The summed E-state index contributed by atoms with van der Waals surface area (Å²) in [5.74, 6) is 0.997. The summed E-state index contributed by atoms with van der Waals surface area (Å²) in [6.07, 6.45) is 3.99. The third-order valence-corrected chi connectivity index (χ3v) is 8.04. The van der Waals surface area contributed by atoms with Crippen molar-refractivity contribution in [2.75, 3.05) is 6.54 Å². The van der Waals surface area contributed by atoms with Crippen LogP contribution in [-0.2, 0) is 4.79 Å². The van der Waals surface area contributed by atoms with Gasteiger partial charge in [-0.05, 0) is 30.0 Å². The standard InChI is InChI=1S/C27H33ClN2O3/c1-15(2)22(31)16-8-10-20-18(11-16)14-30(23(20)32)24-26(3,4)25(27(24,5)6)33-19-9-7-17(13-29)21(28)12-19/h7-10,12,15,18,22,24-25,31H,11,14H2,1-6H3. The summed E-state index contributed by atoms with van der Waals surface area (Å²) in [6.45, 7) is 13.3. The van der Waals surface area contributed by atoms with E-state index >= 15 is 0 Å². The largest absolute Gasteiger partial charge is 0.489 e. The van der Waals surface area contributed by atoms with E-state index in [4.69, 9.17) is 21.6 Å². The molecule has 0 bridgehead atoms. The highest BCUT2D eigenvalue weighted by Crippen LogP contribution is 2.59. The summed E-state index contributed by atoms with van der Waals surface area (Å²) in [4.78, 5) is 15.4. The van der Waals surface area contributed by atoms with E-state index in [1.165, 1.54) is 0 Å². The first-order valence-electron chi connectivity index (χ1n) is 11.7. The topological polar surface area (TPSA) is 73.6 Å². The van der Waals surface area contributed by atoms with E-state index in [-0.39, 0.29) is 40.7 Å². The lowest BCUT2D eigenvalue weighted by Crippen LogP contribution is -2.74. The Morgan fingerprint density at radius 1 is 1.21 bits per heavy atom. The first-order chi connectivity index (χ1) is 15.4. The molecule has 33 heavy (non-hydrogen) atoms. The van der Waals surface area contributed by atoms with Crippen molar-refractivity contribution in [1.82, 2.24) is 4.90 Å². The minimum absolute atomic E-state index is 0.0151. The first kappa shape index (κ1) is 23.9. The molecule has 1 saturated carbocycles. The van der Waals surface area contributed by atoms with Gasteiger partial charge in [-0.25, -0.2) is 0 Å². The lowest BCUT2D eigenvalue weighted by molar-refractivity contribution is -0.207. The summed E-state index contributed by atoms with van der Waals surface area (Å²) in [7, 11) is 0. The number of hydrogen-bond acceptors (Lipinski definition) is 4. The van der Waals surface area contributed by atoms with Crippen LogP contribution in [0.3, 0.4) is 0 Å². The van der Waals surface area contributed by atoms with E-state index in [1.807, 2.05) is 30.9 Å². The number of allylic oxidation sites excluding steroid dienone is 2. The maximum absolute atomic E-state index is 13.4. The second-order valence-corrected chi connectivity index (χ2v) is 11.6. The van der Waals surface area contributed by atoms with E-state index in [0.29, 0.717) is 22.9 Å². The maximum atomic E-state index is 13.4. The molecule has 1 saturated heterocycles. The molecule has 176 valence electrons. The van der Waals surface area contributed by atoms with Gasteiger partial charge >= 0.3 is 0 Å². The third-order valence-electron chi connectivity index (χ3n) is 7.72. The van der Waals surface area contributed by atoms with Crippen LogP contribution in [0.1, 0.15) is 53.5 Å². The molecule has 1 aromatic rings. The molecular weight excluding hydrogens is 436 g/mol. The summed E-state index contributed by atoms with van der Waals surface area (Å²) >= 11 is 6.21. The number of benzene rings is 1. The molecule has 2 fully saturated rings. The minimum atomic E-state index is -0.472. The molecule has 4 rings (SSSR count). The Hall–Kier alpha value is -2.29. The van der Waals surface area contributed by atoms with Crippen molar-refractivity contribution in [3.05, 3.63) is 52.1 Å². The zero-order valence-corrected chi connectivity index (χ0v) is 21.0. The zero-order valence-electron chi connectivity index (χ0n) is 20.2. The van der Waals surface area contributed by atoms with Gasteiger partial charge in [0.1, 0.15) is 17.9 Å². The van der Waals surface area contributed by atoms with Crippen LogP contribution in [0.2, 0.25) is 5.02 Å². The Morgan fingerprint density at radius 2 is 1.88 bits per heavy atom. The quantitative estimate of drug-likeness (QED) is 0.650. The van der Waals surface area contributed by atoms with Gasteiger partial charge < -0.3 is 14.7 Å². The van der Waals surface area contributed by atoms with Crippen molar-refractivity contribution in [3.8, 4) is 11.8 Å². The highest BCUT2D eigenvalue weighted by Gasteiger charge is 2.67. The van der Waals surface area contributed by atoms with Gasteiger partial charge in [-0.3, -0.25) is 4.79 Å². The molecule has 0 radical (unpaired) electrons. The molecule has 1 amide bonds. The minimum Gasteiger partial charge on any atom is -0.489 e. The number of amides is 1. The predicted octanol–water partition coefficient (Wildman–Crippen LogP) is 5.13. The average molecular weight is 469 g/mol. The Kier molecular flexibility index (Phi) is 5.91. The molecular formula is C27H33ClN2O3. The fourth-order valence-corrected chi connectivity index (χ4v) is 6.78. The summed E-state index contributed by atoms with van der Waals surface area (Å²) in [5, 5.41) is 20.0. The maximum Gasteiger partial charge on any atom is 0.250 e. The normalized spacial score (nSPS) is 28.4. The molecule has 1 N–H and O–H groups in total. The lowest BCUT2D eigenvalue weighted by Gasteiger charge is -2.65. The monoisotopic (exact) mass is 468 g/mol. The van der Waals surface area contributed by atoms with Crippen molar-refractivity contribution >= 4 is 17.5 Å². The number of fused-ring (bicyclic) bond motifs is 1. The molecule has 1 aromatic carbocycles. The van der Waals surface area contributed by atoms with Gasteiger partial charge in [0, 0.05) is 41.0 Å². The van der Waals surface area contributed by atoms with Gasteiger partial charge in [0.2, 0.25) is 5.91 Å². The van der Waals surface area contributed by atoms with Crippen molar-refractivity contribution < 1.29 is 14.6 Å². The third kappa shape index (κ3) is 3.78. The number of likely N-dealkylation sites (tertiary alicyclic amines) is 1. The van der Waals surface area contributed by atoms with Gasteiger partial charge in [0.25, 0.3) is 0 Å². The number of rotatable bonds is 5. The van der Waals surface area contributed by atoms with E-state index in [1.54, 1.807) is 18.2 Å². The van der Waals surface area contributed by atoms with Crippen molar-refractivity contribution in [3.63, 3.8) is 0 Å². The Labute approximate surface area is 201 Å². The molecule has 0 aromatic heterocycles. The lowest BCUT2D eigenvalue weighted by atomic mass is 9.49. The fourth-order valence-electron chi connectivity index (χ4n) is 6.57. The van der Waals surface area contributed by atoms with Gasteiger partial charge in [-0.1, -0.05) is 65.3 Å². The van der Waals surface area contributed by atoms with Gasteiger partial charge in [0.05, 0.1) is 16.7 Å². The second-order valence-electron chi connectivity index (χ2n) is 11.2. The number of halogens is 1. The van der Waals surface area contributed by atoms with E-state index < -0.39 is 6.10 Å². The number of hydrogen-bond donors (Lipinski definition) is 1. The van der Waals surface area contributed by atoms with Crippen LogP contribution in [0.5, 0.6) is 5.75 Å². The number of carbonyl (C=O) groups excluding carboxylic acids is 1. The smallest absolute Gasteiger partial charge is 0.250 e. The van der Waals surface area contributed by atoms with Gasteiger partial charge in [-0.2, -0.15) is 5.26 Å². The van der Waals surface area contributed by atoms with E-state index in [0.717, 1.165) is 17.6 Å². The molecule has 2 atom stereocenters. The highest BCUT2D eigenvalue weighted by molar-refractivity contribution is 6.31. The van der Waals surface area contributed by atoms with Crippen LogP contribution in [0, 0.1) is 34.0 Å². The van der Waals surface area contributed by atoms with Crippen LogP contribution in [0.25, 0.3) is 0 Å². The molecule has 2 aliphatic carbocycles. The van der Waals surface area contributed by atoms with E-state index in [9.17, 15) is 9.90 Å². The fraction of sp³-hybridized carbons (Fsp3) is 0.556. The molecule has 1 aliphatic heterocycles. The molecule has 0 spiro atoms. The van der Waals surface area contributed by atoms with Crippen LogP contribution in [-0.4, -0.2) is 40.7 Å². The average Bonchev–Trinajstić information content (AvgIpc) is 3.05. The van der Waals surface area contributed by atoms with E-state index in [2.05, 4.69) is 33.8 Å². The SMILES string of the molecule is CC(C)C(O)C1=CC=C2C(=O)N(C3C(C)(C)C(Oc4ccc(C#N)c(Cl)c4)C3(C)C)CC2C1. The van der Waals surface area contributed by atoms with Crippen molar-refractivity contribution in [2.45, 2.75) is 66.2 Å². The van der Waals surface area contributed by atoms with Crippen LogP contribution in [0.15, 0.2) is 41.5 Å². The second kappa shape index (κ2) is 8.18. The van der Waals surface area contributed by atoms with Crippen LogP contribution in [0.4, 0.5) is 0 Å². The number of carbonyl (C=O) groups is 1. The Balaban J connectivity index is 1.53.